The van der Waals surface area contributed by atoms with Gasteiger partial charge in [0.2, 0.25) is 0 Å². The Bertz CT molecular complexity index is 661. The molecule has 1 N–H and O–H groups in total. The van der Waals surface area contributed by atoms with E-state index in [1.165, 1.54) is 6.92 Å². The van der Waals surface area contributed by atoms with Crippen molar-refractivity contribution in [3.05, 3.63) is 31.4 Å². The summed E-state index contributed by atoms with van der Waals surface area (Å²) in [5, 5.41) is 0.282. The van der Waals surface area contributed by atoms with Crippen molar-refractivity contribution in [1.29, 1.82) is 0 Å². The van der Waals surface area contributed by atoms with Crippen LogP contribution >= 0.6 is 11.3 Å². The first-order valence-corrected chi connectivity index (χ1v) is 5.00. The van der Waals surface area contributed by atoms with Crippen molar-refractivity contribution >= 4 is 27.3 Å². The minimum atomic E-state index is -0.802. The molecule has 0 atom stereocenters. The van der Waals surface area contributed by atoms with Crippen LogP contribution in [0, 0.1) is 6.92 Å². The number of nitrogens with one attached hydrogen (secondary N) is 1. The fraction of sp³-hybridized carbons (Fsp3) is 0.222. The molecule has 0 saturated heterocycles. The second-order valence-corrected chi connectivity index (χ2v) is 4.14. The van der Waals surface area contributed by atoms with E-state index in [4.69, 9.17) is 0 Å². The number of carbonyl (C=O) groups is 1. The lowest BCUT2D eigenvalue weighted by Gasteiger charge is -1.89. The number of aromatic nitrogens is 1. The van der Waals surface area contributed by atoms with E-state index in [0.29, 0.717) is 15.3 Å². The van der Waals surface area contributed by atoms with Gasteiger partial charge in [-0.1, -0.05) is 0 Å². The third-order valence-corrected chi connectivity index (χ3v) is 3.38. The predicted octanol–water partition coefficient (Wildman–Crippen LogP) is 1.05. The molecule has 2 rings (SSSR count). The number of H-pyrrole nitrogens is 1. The van der Waals surface area contributed by atoms with E-state index in [1.807, 2.05) is 0 Å². The monoisotopic (exact) mass is 225 g/mol. The molecule has 0 saturated carbocycles. The lowest BCUT2D eigenvalue weighted by atomic mass is 10.2. The Hall–Kier alpha value is -1.69. The van der Waals surface area contributed by atoms with Crippen molar-refractivity contribution in [1.82, 2.24) is 4.98 Å². The van der Waals surface area contributed by atoms with Crippen LogP contribution in [0.1, 0.15) is 22.2 Å². The number of ketones is 1. The number of hydrogen-bond donors (Lipinski definition) is 1. The first-order chi connectivity index (χ1) is 7.00. The van der Waals surface area contributed by atoms with Crippen molar-refractivity contribution in [3.8, 4) is 0 Å². The smallest absolute Gasteiger partial charge is 0.372 e. The van der Waals surface area contributed by atoms with Gasteiger partial charge in [-0.15, -0.1) is 11.3 Å². The van der Waals surface area contributed by atoms with Crippen molar-refractivity contribution in [2.45, 2.75) is 13.8 Å². The topological polar surface area (TPSA) is 80.1 Å². The van der Waals surface area contributed by atoms with Crippen LogP contribution in [0.25, 0.3) is 10.2 Å². The standard InChI is InChI=1S/C9H7NO4S/c1-3-5-7(15-6(3)4(2)11)10-9(13)14-8(5)12/h1-2H3,(H,10,13). The van der Waals surface area contributed by atoms with Crippen LogP contribution in [0.2, 0.25) is 0 Å². The number of hydrogen-bond acceptors (Lipinski definition) is 5. The molecule has 0 amide bonds. The number of Topliss-reactive ketones (excluding diaryl/α,β-unsaturated/α-hetero) is 1. The molecule has 2 aromatic heterocycles. The van der Waals surface area contributed by atoms with Crippen molar-refractivity contribution in [3.63, 3.8) is 0 Å². The molecule has 0 aliphatic heterocycles. The van der Waals surface area contributed by atoms with Crippen LogP contribution in [0.5, 0.6) is 0 Å². The van der Waals surface area contributed by atoms with Crippen molar-refractivity contribution < 1.29 is 9.21 Å². The molecule has 6 heteroatoms. The number of aromatic amines is 1. The number of aryl methyl sites for hydroxylation is 1. The zero-order valence-corrected chi connectivity index (χ0v) is 8.86. The Morgan fingerprint density at radius 2 is 2.07 bits per heavy atom. The maximum atomic E-state index is 11.4. The summed E-state index contributed by atoms with van der Waals surface area (Å²) in [4.78, 5) is 36.7. The molecule has 0 radical (unpaired) electrons. The molecule has 0 unspecified atom stereocenters. The largest absolute Gasteiger partial charge is 0.420 e. The zero-order valence-electron chi connectivity index (χ0n) is 8.04. The van der Waals surface area contributed by atoms with Crippen LogP contribution in [0.3, 0.4) is 0 Å². The highest BCUT2D eigenvalue weighted by atomic mass is 32.1. The quantitative estimate of drug-likeness (QED) is 0.736. The lowest BCUT2D eigenvalue weighted by molar-refractivity contribution is 0.102. The van der Waals surface area contributed by atoms with Crippen LogP contribution in [-0.2, 0) is 0 Å². The lowest BCUT2D eigenvalue weighted by Crippen LogP contribution is -2.13. The maximum absolute atomic E-state index is 11.4. The van der Waals surface area contributed by atoms with Crippen LogP contribution in [0.4, 0.5) is 0 Å². The van der Waals surface area contributed by atoms with Gasteiger partial charge < -0.3 is 4.42 Å². The summed E-state index contributed by atoms with van der Waals surface area (Å²) in [5.41, 5.74) is -0.137. The highest BCUT2D eigenvalue weighted by Gasteiger charge is 2.16. The molecule has 0 aromatic carbocycles. The van der Waals surface area contributed by atoms with E-state index in [0.717, 1.165) is 11.3 Å². The van der Waals surface area contributed by atoms with Gasteiger partial charge in [-0.3, -0.25) is 9.78 Å². The molecule has 5 nitrogen and oxygen atoms in total. The summed E-state index contributed by atoms with van der Waals surface area (Å²) in [6.07, 6.45) is 0. The number of carbonyl (C=O) groups excluding carboxylic acids is 1. The van der Waals surface area contributed by atoms with E-state index in [1.54, 1.807) is 6.92 Å². The summed E-state index contributed by atoms with van der Waals surface area (Å²) >= 11 is 1.10. The fourth-order valence-electron chi connectivity index (χ4n) is 1.44. The minimum absolute atomic E-state index is 0.131. The van der Waals surface area contributed by atoms with Crippen LogP contribution in [-0.4, -0.2) is 10.8 Å². The average molecular weight is 225 g/mol. The molecule has 0 aliphatic carbocycles. The molecule has 15 heavy (non-hydrogen) atoms. The number of thiophene rings is 1. The Morgan fingerprint density at radius 1 is 1.40 bits per heavy atom. The average Bonchev–Trinajstić information content (AvgIpc) is 2.42. The van der Waals surface area contributed by atoms with E-state index in [-0.39, 0.29) is 11.2 Å². The molecule has 0 fully saturated rings. The molecular weight excluding hydrogens is 218 g/mol. The molecular formula is C9H7NO4S. The summed E-state index contributed by atoms with van der Waals surface area (Å²) in [6, 6.07) is 0. The van der Waals surface area contributed by atoms with Crippen molar-refractivity contribution in [2.24, 2.45) is 0 Å². The third kappa shape index (κ3) is 1.42. The van der Waals surface area contributed by atoms with E-state index >= 15 is 0 Å². The minimum Gasteiger partial charge on any atom is -0.372 e. The van der Waals surface area contributed by atoms with Gasteiger partial charge in [-0.05, 0) is 19.4 Å². The van der Waals surface area contributed by atoms with Gasteiger partial charge in [-0.25, -0.2) is 9.59 Å². The summed E-state index contributed by atoms with van der Waals surface area (Å²) in [7, 11) is 0. The maximum Gasteiger partial charge on any atom is 0.420 e. The Labute approximate surface area is 87.4 Å². The number of rotatable bonds is 1. The highest BCUT2D eigenvalue weighted by Crippen LogP contribution is 2.26. The first kappa shape index (κ1) is 9.85. The van der Waals surface area contributed by atoms with Gasteiger partial charge >= 0.3 is 11.4 Å². The van der Waals surface area contributed by atoms with E-state index < -0.39 is 11.4 Å². The van der Waals surface area contributed by atoms with Gasteiger partial charge in [0, 0.05) is 0 Å². The first-order valence-electron chi connectivity index (χ1n) is 4.18. The summed E-state index contributed by atoms with van der Waals surface area (Å²) < 4.78 is 4.39. The Balaban J connectivity index is 3.01. The highest BCUT2D eigenvalue weighted by molar-refractivity contribution is 7.20. The summed E-state index contributed by atoms with van der Waals surface area (Å²) in [5.74, 6) is -0.933. The normalized spacial score (nSPS) is 10.8. The Morgan fingerprint density at radius 3 is 2.67 bits per heavy atom. The molecule has 0 aliphatic rings. The summed E-state index contributed by atoms with van der Waals surface area (Å²) in [6.45, 7) is 3.07. The van der Waals surface area contributed by atoms with Gasteiger partial charge in [-0.2, -0.15) is 0 Å². The van der Waals surface area contributed by atoms with Crippen molar-refractivity contribution in [2.75, 3.05) is 0 Å². The second kappa shape index (κ2) is 3.16. The van der Waals surface area contributed by atoms with E-state index in [9.17, 15) is 14.4 Å². The third-order valence-electron chi connectivity index (χ3n) is 2.07. The second-order valence-electron chi connectivity index (χ2n) is 3.12. The van der Waals surface area contributed by atoms with Crippen LogP contribution in [0.15, 0.2) is 14.0 Å². The van der Waals surface area contributed by atoms with Crippen LogP contribution < -0.4 is 11.4 Å². The molecule has 2 aromatic rings. The van der Waals surface area contributed by atoms with Gasteiger partial charge in [0.05, 0.1) is 10.3 Å². The molecule has 0 bridgehead atoms. The molecule has 0 spiro atoms. The SMILES string of the molecule is CC(=O)c1sc2[nH]c(=O)oc(=O)c2c1C. The van der Waals surface area contributed by atoms with Gasteiger partial charge in [0.25, 0.3) is 0 Å². The zero-order chi connectivity index (χ0) is 11.2. The fourth-order valence-corrected chi connectivity index (χ4v) is 2.51. The molecule has 78 valence electrons. The Kier molecular flexibility index (Phi) is 2.08. The van der Waals surface area contributed by atoms with Gasteiger partial charge in [0.1, 0.15) is 4.83 Å². The van der Waals surface area contributed by atoms with E-state index in [2.05, 4.69) is 9.40 Å². The van der Waals surface area contributed by atoms with Gasteiger partial charge in [0.15, 0.2) is 5.78 Å². The molecule has 2 heterocycles. The number of fused-ring (bicyclic) bond motifs is 1. The predicted molar refractivity (Wildman–Crippen MR) is 55.7 cm³/mol.